The van der Waals surface area contributed by atoms with Crippen LogP contribution in [0.4, 0.5) is 0 Å². The minimum atomic E-state index is -0.240. The molecule has 1 aliphatic carbocycles. The molecule has 3 N–H and O–H groups in total. The van der Waals surface area contributed by atoms with Gasteiger partial charge in [-0.2, -0.15) is 5.10 Å². The number of nitrogens with zero attached hydrogens (tertiary/aromatic N) is 3. The van der Waals surface area contributed by atoms with Gasteiger partial charge in [0.1, 0.15) is 4.83 Å². The van der Waals surface area contributed by atoms with E-state index in [0.717, 1.165) is 21.1 Å². The van der Waals surface area contributed by atoms with E-state index < -0.39 is 0 Å². The zero-order chi connectivity index (χ0) is 22.2. The largest absolute Gasteiger partial charge is 0.382 e. The van der Waals surface area contributed by atoms with Gasteiger partial charge in [0.25, 0.3) is 11.8 Å². The van der Waals surface area contributed by atoms with Crippen LogP contribution in [-0.4, -0.2) is 58.0 Å². The van der Waals surface area contributed by atoms with Crippen LogP contribution in [0.3, 0.4) is 0 Å². The third kappa shape index (κ3) is 4.35. The number of aromatic nitrogens is 2. The second-order valence-corrected chi connectivity index (χ2v) is 11.2. The molecule has 8 nitrogen and oxygen atoms in total. The summed E-state index contributed by atoms with van der Waals surface area (Å²) in [4.78, 5) is 28.9. The lowest BCUT2D eigenvalue weighted by Gasteiger charge is -2.45. The van der Waals surface area contributed by atoms with Gasteiger partial charge in [0, 0.05) is 37.6 Å². The molecule has 2 aromatic rings. The minimum Gasteiger partial charge on any atom is -0.382 e. The quantitative estimate of drug-likeness (QED) is 0.546. The predicted molar refractivity (Wildman–Crippen MR) is 127 cm³/mol. The molecule has 170 valence electrons. The normalized spacial score (nSPS) is 25.2. The molecule has 1 unspecified atom stereocenters. The zero-order valence-corrected chi connectivity index (χ0v) is 20.3. The minimum absolute atomic E-state index is 0.111. The van der Waals surface area contributed by atoms with Gasteiger partial charge < -0.3 is 16.0 Å². The van der Waals surface area contributed by atoms with Crippen molar-refractivity contribution in [3.63, 3.8) is 0 Å². The maximum Gasteiger partial charge on any atom is 0.260 e. The Kier molecular flexibility index (Phi) is 6.09. The van der Waals surface area contributed by atoms with Crippen molar-refractivity contribution in [3.05, 3.63) is 45.3 Å². The lowest BCUT2D eigenvalue weighted by atomic mass is 9.80. The van der Waals surface area contributed by atoms with Crippen molar-refractivity contribution >= 4 is 43.9 Å². The zero-order valence-electron chi connectivity index (χ0n) is 17.9. The summed E-state index contributed by atoms with van der Waals surface area (Å²) in [6, 6.07) is 0.579. The number of hydrogen-bond donors (Lipinski definition) is 3. The summed E-state index contributed by atoms with van der Waals surface area (Å²) < 4.78 is 2.58. The monoisotopic (exact) mass is 518 g/mol. The van der Waals surface area contributed by atoms with Crippen LogP contribution in [0.1, 0.15) is 43.0 Å². The molecule has 6 rings (SSSR count). The van der Waals surface area contributed by atoms with Gasteiger partial charge in [-0.25, -0.2) is 4.52 Å². The molecule has 5 heterocycles. The Labute approximate surface area is 199 Å². The molecule has 10 heteroatoms. The lowest BCUT2D eigenvalue weighted by Crippen LogP contribution is -2.50. The summed E-state index contributed by atoms with van der Waals surface area (Å²) in [5.74, 6) is 0.466. The van der Waals surface area contributed by atoms with Crippen molar-refractivity contribution in [2.75, 3.05) is 19.6 Å². The molecule has 2 saturated heterocycles. The van der Waals surface area contributed by atoms with Crippen LogP contribution < -0.4 is 16.0 Å². The van der Waals surface area contributed by atoms with Crippen molar-refractivity contribution in [1.82, 2.24) is 30.5 Å². The number of dihydropyridines is 1. The Morgan fingerprint density at radius 2 is 2.09 bits per heavy atom. The molecule has 0 spiro atoms. The highest BCUT2D eigenvalue weighted by atomic mass is 79.9. The van der Waals surface area contributed by atoms with E-state index in [0.29, 0.717) is 29.4 Å². The number of piperidine rings is 2. The smallest absolute Gasteiger partial charge is 0.260 e. The Morgan fingerprint density at radius 3 is 2.84 bits per heavy atom. The fourth-order valence-electron chi connectivity index (χ4n) is 4.89. The van der Waals surface area contributed by atoms with Crippen LogP contribution in [0.5, 0.6) is 0 Å². The van der Waals surface area contributed by atoms with Gasteiger partial charge in [-0.05, 0) is 60.5 Å². The molecule has 0 radical (unpaired) electrons. The highest BCUT2D eigenvalue weighted by Crippen LogP contribution is 2.34. The van der Waals surface area contributed by atoms with Gasteiger partial charge in [-0.1, -0.05) is 0 Å². The van der Waals surface area contributed by atoms with Crippen LogP contribution in [0.15, 0.2) is 39.7 Å². The van der Waals surface area contributed by atoms with Gasteiger partial charge in [0.15, 0.2) is 0 Å². The molecule has 0 aromatic carbocycles. The Balaban J connectivity index is 1.19. The summed E-state index contributed by atoms with van der Waals surface area (Å²) in [5.41, 5.74) is 1.67. The van der Waals surface area contributed by atoms with Gasteiger partial charge in [-0.15, -0.1) is 11.3 Å². The molecule has 2 aromatic heterocycles. The van der Waals surface area contributed by atoms with Crippen LogP contribution in [0, 0.1) is 5.92 Å². The maximum atomic E-state index is 12.9. The fraction of sp³-hybridized carbons (Fsp3) is 0.500. The average Bonchev–Trinajstić information content (AvgIpc) is 3.35. The number of fused-ring (bicyclic) bond motifs is 4. The van der Waals surface area contributed by atoms with E-state index >= 15 is 0 Å². The van der Waals surface area contributed by atoms with E-state index in [1.54, 1.807) is 23.0 Å². The number of carbonyl (C=O) groups excluding carboxylic acids is 2. The predicted octanol–water partition coefficient (Wildman–Crippen LogP) is 2.64. The van der Waals surface area contributed by atoms with Gasteiger partial charge >= 0.3 is 0 Å². The van der Waals surface area contributed by atoms with Gasteiger partial charge in [-0.3, -0.25) is 14.5 Å². The summed E-state index contributed by atoms with van der Waals surface area (Å²) in [6.45, 7) is 4.64. The van der Waals surface area contributed by atoms with E-state index in [9.17, 15) is 9.59 Å². The Morgan fingerprint density at radius 1 is 1.28 bits per heavy atom. The molecule has 32 heavy (non-hydrogen) atoms. The number of hydrogen-bond acceptors (Lipinski definition) is 6. The van der Waals surface area contributed by atoms with Crippen molar-refractivity contribution in [2.24, 2.45) is 5.92 Å². The molecule has 2 amide bonds. The highest BCUT2D eigenvalue weighted by molar-refractivity contribution is 9.11. The maximum absolute atomic E-state index is 12.9. The third-order valence-electron chi connectivity index (χ3n) is 6.71. The summed E-state index contributed by atoms with van der Waals surface area (Å²) in [6.07, 6.45) is 12.2. The standard InChI is InChI=1S/C22H27BrN6O2S/c1-13-18(27-21(31)17-10-26-29-12-19(23)32-22(17)29)8-15(9-25-13)20(30)24-6-7-28-11-14-2-4-16(28)5-3-14/h8-10,12-14,16,25H,2-7,11H2,1H3,(H,24,30)(H,27,31). The molecule has 1 atom stereocenters. The molecule has 2 bridgehead atoms. The number of halogens is 1. The number of amides is 2. The Hall–Kier alpha value is -2.17. The van der Waals surface area contributed by atoms with Crippen molar-refractivity contribution in [1.29, 1.82) is 0 Å². The number of carbonyl (C=O) groups is 2. The molecule has 3 aliphatic heterocycles. The molecule has 3 fully saturated rings. The molecular formula is C22H27BrN6O2S. The molecule has 1 saturated carbocycles. The van der Waals surface area contributed by atoms with Crippen LogP contribution in [0.25, 0.3) is 4.83 Å². The van der Waals surface area contributed by atoms with Crippen molar-refractivity contribution < 1.29 is 9.59 Å². The third-order valence-corrected chi connectivity index (χ3v) is 8.30. The Bertz CT molecular complexity index is 1100. The van der Waals surface area contributed by atoms with E-state index in [1.807, 2.05) is 13.1 Å². The van der Waals surface area contributed by atoms with Gasteiger partial charge in [0.05, 0.1) is 33.4 Å². The van der Waals surface area contributed by atoms with E-state index in [2.05, 4.69) is 41.9 Å². The first-order valence-electron chi connectivity index (χ1n) is 11.1. The lowest BCUT2D eigenvalue weighted by molar-refractivity contribution is -0.117. The number of rotatable bonds is 6. The second-order valence-electron chi connectivity index (χ2n) is 8.81. The van der Waals surface area contributed by atoms with E-state index in [4.69, 9.17) is 0 Å². The first-order chi connectivity index (χ1) is 15.5. The molecule has 4 aliphatic rings. The first kappa shape index (κ1) is 21.7. The van der Waals surface area contributed by atoms with Crippen LogP contribution >= 0.6 is 27.3 Å². The van der Waals surface area contributed by atoms with Gasteiger partial charge in [0.2, 0.25) is 0 Å². The fourth-order valence-corrected chi connectivity index (χ4v) is 6.33. The van der Waals surface area contributed by atoms with Crippen molar-refractivity contribution in [3.8, 4) is 0 Å². The van der Waals surface area contributed by atoms with E-state index in [1.165, 1.54) is 43.6 Å². The first-order valence-corrected chi connectivity index (χ1v) is 12.7. The summed E-state index contributed by atoms with van der Waals surface area (Å²) in [5, 5.41) is 13.4. The highest BCUT2D eigenvalue weighted by Gasteiger charge is 2.33. The number of thiazole rings is 1. The molecular weight excluding hydrogens is 492 g/mol. The van der Waals surface area contributed by atoms with Crippen molar-refractivity contribution in [2.45, 2.75) is 44.7 Å². The average molecular weight is 519 g/mol. The summed E-state index contributed by atoms with van der Waals surface area (Å²) >= 11 is 4.87. The van der Waals surface area contributed by atoms with E-state index in [-0.39, 0.29) is 17.9 Å². The SMILES string of the molecule is CC1NC=C(C(=O)NCCN2CC3CCC2CC3)C=C1NC(=O)c1cnn2cc(Br)sc12. The van der Waals surface area contributed by atoms with Crippen LogP contribution in [0.2, 0.25) is 0 Å². The number of nitrogens with one attached hydrogen (secondary N) is 3. The van der Waals surface area contributed by atoms with Crippen LogP contribution in [-0.2, 0) is 4.79 Å². The summed E-state index contributed by atoms with van der Waals surface area (Å²) in [7, 11) is 0. The topological polar surface area (TPSA) is 90.8 Å². The second kappa shape index (κ2) is 8.99.